The van der Waals surface area contributed by atoms with E-state index in [1.165, 1.54) is 6.42 Å². The van der Waals surface area contributed by atoms with Crippen LogP contribution in [0.5, 0.6) is 0 Å². The van der Waals surface area contributed by atoms with Crippen molar-refractivity contribution < 1.29 is 4.79 Å². The Morgan fingerprint density at radius 2 is 1.20 bits per heavy atom. The molecule has 0 N–H and O–H groups in total. The fourth-order valence-corrected chi connectivity index (χ4v) is 3.40. The molecule has 0 atom stereocenters. The largest absolute Gasteiger partial charge is 0.298 e. The smallest absolute Gasteiger partial charge is 0.145 e. The third-order valence-corrected chi connectivity index (χ3v) is 4.98. The SMILES string of the molecule is CCC1(CC)CCCC(CC)(CC)C1=O. The average Bonchev–Trinajstić information content (AvgIpc) is 2.30. The highest BCUT2D eigenvalue weighted by Gasteiger charge is 2.49. The summed E-state index contributed by atoms with van der Waals surface area (Å²) in [5.74, 6) is 0.580. The lowest BCUT2D eigenvalue weighted by Crippen LogP contribution is -2.46. The van der Waals surface area contributed by atoms with E-state index in [0.717, 1.165) is 38.5 Å². The second-order valence-corrected chi connectivity index (χ2v) is 5.16. The minimum atomic E-state index is 0.0181. The molecular weight excluding hydrogens is 184 g/mol. The summed E-state index contributed by atoms with van der Waals surface area (Å²) in [5.41, 5.74) is 0.0362. The van der Waals surface area contributed by atoms with E-state index in [0.29, 0.717) is 5.78 Å². The summed E-state index contributed by atoms with van der Waals surface area (Å²) >= 11 is 0. The van der Waals surface area contributed by atoms with Gasteiger partial charge in [0.15, 0.2) is 0 Å². The molecule has 0 spiro atoms. The molecule has 1 nitrogen and oxygen atoms in total. The predicted molar refractivity (Wildman–Crippen MR) is 64.9 cm³/mol. The zero-order valence-corrected chi connectivity index (χ0v) is 10.9. The Bertz CT molecular complexity index is 199. The van der Waals surface area contributed by atoms with Gasteiger partial charge in [0.2, 0.25) is 0 Å². The third kappa shape index (κ3) is 1.86. The Balaban J connectivity index is 3.01. The van der Waals surface area contributed by atoms with E-state index < -0.39 is 0 Å². The van der Waals surface area contributed by atoms with Crippen LogP contribution in [-0.2, 0) is 4.79 Å². The first-order valence-electron chi connectivity index (χ1n) is 6.65. The first-order chi connectivity index (χ1) is 7.10. The van der Waals surface area contributed by atoms with Crippen molar-refractivity contribution in [3.63, 3.8) is 0 Å². The van der Waals surface area contributed by atoms with Crippen molar-refractivity contribution in [2.45, 2.75) is 72.6 Å². The maximum atomic E-state index is 12.7. The lowest BCUT2D eigenvalue weighted by Gasteiger charge is -2.45. The van der Waals surface area contributed by atoms with Crippen LogP contribution in [0.15, 0.2) is 0 Å². The van der Waals surface area contributed by atoms with E-state index in [9.17, 15) is 4.79 Å². The quantitative estimate of drug-likeness (QED) is 0.674. The van der Waals surface area contributed by atoms with E-state index >= 15 is 0 Å². The zero-order valence-electron chi connectivity index (χ0n) is 10.9. The average molecular weight is 210 g/mol. The molecule has 0 saturated heterocycles. The first-order valence-corrected chi connectivity index (χ1v) is 6.65. The fourth-order valence-electron chi connectivity index (χ4n) is 3.40. The molecule has 88 valence electrons. The summed E-state index contributed by atoms with van der Waals surface area (Å²) in [6, 6.07) is 0. The summed E-state index contributed by atoms with van der Waals surface area (Å²) in [6.07, 6.45) is 7.62. The molecule has 1 rings (SSSR count). The summed E-state index contributed by atoms with van der Waals surface area (Å²) in [4.78, 5) is 12.7. The van der Waals surface area contributed by atoms with Crippen molar-refractivity contribution in [3.05, 3.63) is 0 Å². The number of carbonyl (C=O) groups is 1. The Morgan fingerprint density at radius 3 is 1.47 bits per heavy atom. The molecule has 1 aliphatic rings. The van der Waals surface area contributed by atoms with Gasteiger partial charge in [-0.1, -0.05) is 34.1 Å². The maximum absolute atomic E-state index is 12.7. The van der Waals surface area contributed by atoms with E-state index in [4.69, 9.17) is 0 Å². The standard InChI is InChI=1S/C14H26O/c1-5-13(6-2)10-9-11-14(7-3,8-4)12(13)15/h5-11H2,1-4H3. The predicted octanol–water partition coefficient (Wildman–Crippen LogP) is 4.35. The number of Topliss-reactive ketones (excluding diaryl/α,β-unsaturated/α-hetero) is 1. The Kier molecular flexibility index (Phi) is 3.97. The number of hydrogen-bond acceptors (Lipinski definition) is 1. The van der Waals surface area contributed by atoms with Crippen LogP contribution < -0.4 is 0 Å². The normalized spacial score (nSPS) is 24.1. The van der Waals surface area contributed by atoms with Crippen LogP contribution in [0.1, 0.15) is 72.6 Å². The topological polar surface area (TPSA) is 17.1 Å². The molecule has 15 heavy (non-hydrogen) atoms. The van der Waals surface area contributed by atoms with Gasteiger partial charge in [0, 0.05) is 10.8 Å². The highest BCUT2D eigenvalue weighted by atomic mass is 16.1. The van der Waals surface area contributed by atoms with Crippen molar-refractivity contribution in [2.24, 2.45) is 10.8 Å². The minimum absolute atomic E-state index is 0.0181. The van der Waals surface area contributed by atoms with Crippen LogP contribution >= 0.6 is 0 Å². The van der Waals surface area contributed by atoms with Crippen molar-refractivity contribution >= 4 is 5.78 Å². The van der Waals surface area contributed by atoms with Crippen LogP contribution in [0.2, 0.25) is 0 Å². The van der Waals surface area contributed by atoms with Crippen molar-refractivity contribution in [1.29, 1.82) is 0 Å². The van der Waals surface area contributed by atoms with E-state index in [2.05, 4.69) is 27.7 Å². The number of ketones is 1. The molecule has 0 aromatic heterocycles. The molecule has 1 heteroatoms. The molecular formula is C14H26O. The molecule has 0 unspecified atom stereocenters. The van der Waals surface area contributed by atoms with Gasteiger partial charge in [-0.2, -0.15) is 0 Å². The first kappa shape index (κ1) is 12.7. The van der Waals surface area contributed by atoms with Gasteiger partial charge in [-0.15, -0.1) is 0 Å². The van der Waals surface area contributed by atoms with E-state index in [1.54, 1.807) is 0 Å². The van der Waals surface area contributed by atoms with Crippen LogP contribution in [0.25, 0.3) is 0 Å². The van der Waals surface area contributed by atoms with Gasteiger partial charge in [0.25, 0.3) is 0 Å². The van der Waals surface area contributed by atoms with Crippen LogP contribution in [-0.4, -0.2) is 5.78 Å². The summed E-state index contributed by atoms with van der Waals surface area (Å²) < 4.78 is 0. The van der Waals surface area contributed by atoms with Crippen LogP contribution in [0, 0.1) is 10.8 Å². The van der Waals surface area contributed by atoms with Gasteiger partial charge in [0.05, 0.1) is 0 Å². The number of carbonyl (C=O) groups excluding carboxylic acids is 1. The Morgan fingerprint density at radius 1 is 0.867 bits per heavy atom. The van der Waals surface area contributed by atoms with Gasteiger partial charge in [-0.25, -0.2) is 0 Å². The second kappa shape index (κ2) is 4.67. The minimum Gasteiger partial charge on any atom is -0.298 e. The molecule has 0 aliphatic heterocycles. The Hall–Kier alpha value is -0.330. The molecule has 0 aromatic rings. The van der Waals surface area contributed by atoms with Crippen molar-refractivity contribution in [3.8, 4) is 0 Å². The lowest BCUT2D eigenvalue weighted by atomic mass is 9.57. The van der Waals surface area contributed by atoms with E-state index in [-0.39, 0.29) is 10.8 Å². The van der Waals surface area contributed by atoms with Gasteiger partial charge >= 0.3 is 0 Å². The van der Waals surface area contributed by atoms with Crippen molar-refractivity contribution in [2.75, 3.05) is 0 Å². The molecule has 0 radical (unpaired) electrons. The lowest BCUT2D eigenvalue weighted by molar-refractivity contribution is -0.145. The van der Waals surface area contributed by atoms with E-state index in [1.807, 2.05) is 0 Å². The molecule has 1 saturated carbocycles. The summed E-state index contributed by atoms with van der Waals surface area (Å²) in [5, 5.41) is 0. The molecule has 1 fully saturated rings. The maximum Gasteiger partial charge on any atom is 0.145 e. The van der Waals surface area contributed by atoms with Gasteiger partial charge < -0.3 is 0 Å². The van der Waals surface area contributed by atoms with Crippen LogP contribution in [0.3, 0.4) is 0 Å². The molecule has 0 heterocycles. The highest BCUT2D eigenvalue weighted by Crippen LogP contribution is 2.50. The Labute approximate surface area is 94.6 Å². The van der Waals surface area contributed by atoms with Gasteiger partial charge in [-0.05, 0) is 38.5 Å². The van der Waals surface area contributed by atoms with Crippen molar-refractivity contribution in [1.82, 2.24) is 0 Å². The monoisotopic (exact) mass is 210 g/mol. The molecule has 0 bridgehead atoms. The van der Waals surface area contributed by atoms with Crippen LogP contribution in [0.4, 0.5) is 0 Å². The molecule has 0 amide bonds. The summed E-state index contributed by atoms with van der Waals surface area (Å²) in [6.45, 7) is 8.73. The number of rotatable bonds is 4. The fraction of sp³-hybridized carbons (Fsp3) is 0.929. The molecule has 0 aromatic carbocycles. The second-order valence-electron chi connectivity index (χ2n) is 5.16. The zero-order chi connectivity index (χ0) is 11.5. The summed E-state index contributed by atoms with van der Waals surface area (Å²) in [7, 11) is 0. The van der Waals surface area contributed by atoms with Gasteiger partial charge in [0.1, 0.15) is 5.78 Å². The van der Waals surface area contributed by atoms with Gasteiger partial charge in [-0.3, -0.25) is 4.79 Å². The number of hydrogen-bond donors (Lipinski definition) is 0. The highest BCUT2D eigenvalue weighted by molar-refractivity contribution is 5.91. The molecule has 1 aliphatic carbocycles. The third-order valence-electron chi connectivity index (χ3n) is 4.98.